The van der Waals surface area contributed by atoms with Gasteiger partial charge in [0.1, 0.15) is 0 Å². The Morgan fingerprint density at radius 2 is 1.68 bits per heavy atom. The maximum Gasteiger partial charge on any atom is 0.496 e. The van der Waals surface area contributed by atoms with Crippen molar-refractivity contribution in [1.29, 1.82) is 0 Å². The summed E-state index contributed by atoms with van der Waals surface area (Å²) in [5.74, 6) is -0.0740. The van der Waals surface area contributed by atoms with Gasteiger partial charge in [0.2, 0.25) is 5.88 Å². The fourth-order valence-electron chi connectivity index (χ4n) is 2.00. The van der Waals surface area contributed by atoms with Crippen molar-refractivity contribution in [2.45, 2.75) is 52.0 Å². The number of aromatic nitrogens is 1. The van der Waals surface area contributed by atoms with E-state index >= 15 is 0 Å². The predicted molar refractivity (Wildman–Crippen MR) is 76.2 cm³/mol. The highest BCUT2D eigenvalue weighted by atomic mass is 19.4. The van der Waals surface area contributed by atoms with Gasteiger partial charge in [-0.3, -0.25) is 0 Å². The lowest BCUT2D eigenvalue weighted by atomic mass is 9.78. The molecule has 4 nitrogen and oxygen atoms in total. The molecule has 122 valence electrons. The van der Waals surface area contributed by atoms with Crippen LogP contribution in [0.2, 0.25) is 0 Å². The van der Waals surface area contributed by atoms with Gasteiger partial charge in [-0.2, -0.15) is 13.2 Å². The van der Waals surface area contributed by atoms with Crippen LogP contribution in [0, 0.1) is 6.92 Å². The van der Waals surface area contributed by atoms with Crippen molar-refractivity contribution in [2.75, 3.05) is 6.61 Å². The number of rotatable bonds is 3. The maximum atomic E-state index is 12.1. The van der Waals surface area contributed by atoms with Crippen LogP contribution in [0.3, 0.4) is 0 Å². The van der Waals surface area contributed by atoms with E-state index in [9.17, 15) is 13.2 Å². The number of aryl methyl sites for hydroxylation is 1. The van der Waals surface area contributed by atoms with Gasteiger partial charge in [-0.1, -0.05) is 6.07 Å². The van der Waals surface area contributed by atoms with Gasteiger partial charge in [0.25, 0.3) is 0 Å². The summed E-state index contributed by atoms with van der Waals surface area (Å²) in [4.78, 5) is 4.03. The highest BCUT2D eigenvalue weighted by molar-refractivity contribution is 6.62. The van der Waals surface area contributed by atoms with Gasteiger partial charge in [-0.25, -0.2) is 4.98 Å². The predicted octanol–water partition coefficient (Wildman–Crippen LogP) is 2.63. The third-order valence-corrected chi connectivity index (χ3v) is 3.99. The molecule has 2 heterocycles. The van der Waals surface area contributed by atoms with Gasteiger partial charge < -0.3 is 14.0 Å². The second-order valence-electron chi connectivity index (χ2n) is 6.32. The minimum absolute atomic E-state index is 0.0740. The average Bonchev–Trinajstić information content (AvgIpc) is 2.55. The molecule has 0 N–H and O–H groups in total. The fraction of sp³-hybridized carbons (Fsp3) is 0.643. The minimum atomic E-state index is -4.39. The monoisotopic (exact) mass is 317 g/mol. The average molecular weight is 317 g/mol. The number of nitrogens with zero attached hydrogens (tertiary/aromatic N) is 1. The van der Waals surface area contributed by atoms with E-state index in [-0.39, 0.29) is 5.88 Å². The molecule has 1 saturated heterocycles. The Balaban J connectivity index is 2.14. The Morgan fingerprint density at radius 1 is 1.14 bits per heavy atom. The Bertz CT molecular complexity index is 545. The molecule has 2 rings (SSSR count). The lowest BCUT2D eigenvalue weighted by Crippen LogP contribution is -2.41. The molecule has 1 aliphatic heterocycles. The van der Waals surface area contributed by atoms with E-state index in [0.29, 0.717) is 11.2 Å². The second-order valence-corrected chi connectivity index (χ2v) is 6.32. The van der Waals surface area contributed by atoms with Crippen LogP contribution in [-0.2, 0) is 9.31 Å². The van der Waals surface area contributed by atoms with Crippen molar-refractivity contribution < 1.29 is 27.2 Å². The molecule has 1 aromatic rings. The van der Waals surface area contributed by atoms with E-state index in [4.69, 9.17) is 9.31 Å². The van der Waals surface area contributed by atoms with E-state index in [1.54, 1.807) is 13.0 Å². The fourth-order valence-corrected chi connectivity index (χ4v) is 2.00. The standard InChI is InChI=1S/C14H19BF3NO3/c1-9-10(15-21-12(2,3)13(4,5)22-15)6-7-11(19-9)20-8-14(16,17)18/h6-7H,8H2,1-5H3. The van der Waals surface area contributed by atoms with Crippen LogP contribution in [0.15, 0.2) is 12.1 Å². The zero-order valence-electron chi connectivity index (χ0n) is 13.2. The van der Waals surface area contributed by atoms with Crippen molar-refractivity contribution in [3.8, 4) is 5.88 Å². The summed E-state index contributed by atoms with van der Waals surface area (Å²) in [5, 5.41) is 0. The minimum Gasteiger partial charge on any atom is -0.468 e. The molecule has 8 heteroatoms. The van der Waals surface area contributed by atoms with Crippen LogP contribution in [0.4, 0.5) is 13.2 Å². The number of ether oxygens (including phenoxy) is 1. The lowest BCUT2D eigenvalue weighted by molar-refractivity contribution is -0.154. The summed E-state index contributed by atoms with van der Waals surface area (Å²) in [6.45, 7) is 8.02. The van der Waals surface area contributed by atoms with Crippen LogP contribution >= 0.6 is 0 Å². The van der Waals surface area contributed by atoms with E-state index in [2.05, 4.69) is 9.72 Å². The molecule has 1 fully saturated rings. The van der Waals surface area contributed by atoms with Crippen LogP contribution < -0.4 is 10.2 Å². The van der Waals surface area contributed by atoms with E-state index < -0.39 is 31.1 Å². The molecule has 0 radical (unpaired) electrons. The second kappa shape index (κ2) is 5.42. The summed E-state index contributed by atoms with van der Waals surface area (Å²) in [6, 6.07) is 3.01. The number of hydrogen-bond acceptors (Lipinski definition) is 4. The van der Waals surface area contributed by atoms with Crippen molar-refractivity contribution >= 4 is 12.6 Å². The lowest BCUT2D eigenvalue weighted by Gasteiger charge is -2.32. The summed E-state index contributed by atoms with van der Waals surface area (Å²) < 4.78 is 52.9. The molecule has 0 saturated carbocycles. The Morgan fingerprint density at radius 3 is 2.14 bits per heavy atom. The molecule has 0 aromatic carbocycles. The van der Waals surface area contributed by atoms with Gasteiger partial charge in [0, 0.05) is 11.2 Å². The molecule has 1 aromatic heterocycles. The first kappa shape index (κ1) is 17.1. The largest absolute Gasteiger partial charge is 0.496 e. The first-order chi connectivity index (χ1) is 9.91. The molecule has 0 spiro atoms. The topological polar surface area (TPSA) is 40.6 Å². The Kier molecular flexibility index (Phi) is 4.21. The Hall–Kier alpha value is -1.28. The Labute approximate surface area is 128 Å². The summed E-state index contributed by atoms with van der Waals surface area (Å²) in [5.41, 5.74) is 0.210. The van der Waals surface area contributed by atoms with Crippen LogP contribution in [-0.4, -0.2) is 36.1 Å². The summed E-state index contributed by atoms with van der Waals surface area (Å²) in [7, 11) is -0.603. The SMILES string of the molecule is Cc1nc(OCC(F)(F)F)ccc1B1OC(C)(C)C(C)(C)O1. The molecular formula is C14H19BF3NO3. The van der Waals surface area contributed by atoms with Gasteiger partial charge in [0.15, 0.2) is 6.61 Å². The molecule has 0 aliphatic carbocycles. The zero-order valence-corrected chi connectivity index (χ0v) is 13.2. The number of halogens is 3. The third kappa shape index (κ3) is 3.55. The zero-order chi connectivity index (χ0) is 16.8. The van der Waals surface area contributed by atoms with E-state index in [1.165, 1.54) is 6.07 Å². The van der Waals surface area contributed by atoms with E-state index in [1.807, 2.05) is 27.7 Å². The van der Waals surface area contributed by atoms with Gasteiger partial charge in [-0.05, 0) is 40.7 Å². The van der Waals surface area contributed by atoms with Crippen LogP contribution in [0.25, 0.3) is 0 Å². The van der Waals surface area contributed by atoms with Crippen molar-refractivity contribution in [3.63, 3.8) is 0 Å². The highest BCUT2D eigenvalue weighted by Gasteiger charge is 2.52. The number of pyridine rings is 1. The third-order valence-electron chi connectivity index (χ3n) is 3.99. The highest BCUT2D eigenvalue weighted by Crippen LogP contribution is 2.36. The van der Waals surface area contributed by atoms with Crippen LogP contribution in [0.5, 0.6) is 5.88 Å². The maximum absolute atomic E-state index is 12.1. The number of hydrogen-bond donors (Lipinski definition) is 0. The molecule has 0 bridgehead atoms. The first-order valence-corrected chi connectivity index (χ1v) is 6.94. The molecular weight excluding hydrogens is 298 g/mol. The van der Waals surface area contributed by atoms with Crippen molar-refractivity contribution in [3.05, 3.63) is 17.8 Å². The molecule has 0 unspecified atom stereocenters. The van der Waals surface area contributed by atoms with E-state index in [0.717, 1.165) is 0 Å². The van der Waals surface area contributed by atoms with Gasteiger partial charge in [0.05, 0.1) is 11.2 Å². The molecule has 0 amide bonds. The number of alkyl halides is 3. The normalized spacial score (nSPS) is 20.3. The van der Waals surface area contributed by atoms with Gasteiger partial charge in [-0.15, -0.1) is 0 Å². The van der Waals surface area contributed by atoms with Gasteiger partial charge >= 0.3 is 13.3 Å². The first-order valence-electron chi connectivity index (χ1n) is 6.94. The summed E-state index contributed by atoms with van der Waals surface area (Å²) in [6.07, 6.45) is -4.39. The van der Waals surface area contributed by atoms with Crippen LogP contribution in [0.1, 0.15) is 33.4 Å². The van der Waals surface area contributed by atoms with Crippen molar-refractivity contribution in [1.82, 2.24) is 4.98 Å². The molecule has 1 aliphatic rings. The molecule has 22 heavy (non-hydrogen) atoms. The molecule has 0 atom stereocenters. The van der Waals surface area contributed by atoms with Crippen molar-refractivity contribution in [2.24, 2.45) is 0 Å². The quantitative estimate of drug-likeness (QED) is 0.804. The summed E-state index contributed by atoms with van der Waals surface area (Å²) >= 11 is 0. The smallest absolute Gasteiger partial charge is 0.468 e.